The number of ether oxygens (including phenoxy) is 2. The van der Waals surface area contributed by atoms with Gasteiger partial charge in [-0.1, -0.05) is 13.8 Å². The molecule has 140 valence electrons. The molecule has 1 unspecified atom stereocenters. The van der Waals surface area contributed by atoms with E-state index in [2.05, 4.69) is 5.32 Å². The highest BCUT2D eigenvalue weighted by molar-refractivity contribution is 6.20. The fourth-order valence-electron chi connectivity index (χ4n) is 2.48. The smallest absolute Gasteiger partial charge is 0.414 e. The molecule has 1 N–H and O–H groups in total. The van der Waals surface area contributed by atoms with E-state index in [0.29, 0.717) is 6.41 Å². The molecule has 0 bridgehead atoms. The van der Waals surface area contributed by atoms with Crippen LogP contribution in [0.1, 0.15) is 41.5 Å². The van der Waals surface area contributed by atoms with Crippen LogP contribution in [0.15, 0.2) is 11.8 Å². The summed E-state index contributed by atoms with van der Waals surface area (Å²) in [6.07, 6.45) is 0.848. The first-order valence-corrected chi connectivity index (χ1v) is 8.05. The Morgan fingerprint density at radius 2 is 2.00 bits per heavy atom. The quantitative estimate of drug-likeness (QED) is 0.465. The van der Waals surface area contributed by atoms with Gasteiger partial charge in [-0.05, 0) is 27.7 Å². The molecule has 2 amide bonds. The van der Waals surface area contributed by atoms with Crippen LogP contribution >= 0.6 is 0 Å². The second-order valence-corrected chi connectivity index (χ2v) is 7.44. The molecule has 0 saturated heterocycles. The summed E-state index contributed by atoms with van der Waals surface area (Å²) < 4.78 is 10.2. The number of Topliss-reactive ketones (excluding diaryl/α,β-unsaturated/α-hetero) is 1. The van der Waals surface area contributed by atoms with Gasteiger partial charge in [-0.3, -0.25) is 14.5 Å². The van der Waals surface area contributed by atoms with Crippen molar-refractivity contribution in [1.29, 1.82) is 0 Å². The number of esters is 1. The fourth-order valence-corrected chi connectivity index (χ4v) is 2.48. The third-order valence-corrected chi connectivity index (χ3v) is 3.53. The lowest BCUT2D eigenvalue weighted by molar-refractivity contribution is -0.140. The molecule has 1 atom stereocenters. The molecule has 0 saturated carbocycles. The summed E-state index contributed by atoms with van der Waals surface area (Å²) >= 11 is 0. The van der Waals surface area contributed by atoms with Gasteiger partial charge < -0.3 is 14.8 Å². The van der Waals surface area contributed by atoms with E-state index in [1.807, 2.05) is 0 Å². The monoisotopic (exact) mass is 354 g/mol. The Morgan fingerprint density at radius 3 is 2.48 bits per heavy atom. The average molecular weight is 354 g/mol. The van der Waals surface area contributed by atoms with Crippen molar-refractivity contribution in [2.75, 3.05) is 13.2 Å². The normalized spacial score (nSPS) is 20.2. The molecule has 0 aliphatic carbocycles. The van der Waals surface area contributed by atoms with Gasteiger partial charge in [0, 0.05) is 18.2 Å². The van der Waals surface area contributed by atoms with Crippen LogP contribution in [-0.2, 0) is 23.9 Å². The van der Waals surface area contributed by atoms with Crippen LogP contribution in [0, 0.1) is 5.41 Å². The van der Waals surface area contributed by atoms with Crippen molar-refractivity contribution in [2.45, 2.75) is 53.2 Å². The number of hydrogen-bond acceptors (Lipinski definition) is 6. The zero-order valence-corrected chi connectivity index (χ0v) is 15.5. The van der Waals surface area contributed by atoms with Crippen molar-refractivity contribution in [1.82, 2.24) is 10.2 Å². The number of nitrogens with zero attached hydrogens (tertiary/aromatic N) is 1. The van der Waals surface area contributed by atoms with E-state index < -0.39 is 34.9 Å². The largest absolute Gasteiger partial charge is 0.462 e. The number of hydrogen-bond donors (Lipinski definition) is 1. The van der Waals surface area contributed by atoms with Crippen LogP contribution in [0.4, 0.5) is 4.79 Å². The molecular weight excluding hydrogens is 328 g/mol. The van der Waals surface area contributed by atoms with Gasteiger partial charge in [-0.15, -0.1) is 0 Å². The summed E-state index contributed by atoms with van der Waals surface area (Å²) in [5, 5.41) is 2.44. The summed E-state index contributed by atoms with van der Waals surface area (Å²) in [4.78, 5) is 49.5. The summed E-state index contributed by atoms with van der Waals surface area (Å²) in [6, 6.07) is -0.979. The highest BCUT2D eigenvalue weighted by Gasteiger charge is 2.44. The van der Waals surface area contributed by atoms with Gasteiger partial charge in [0.25, 0.3) is 0 Å². The second kappa shape index (κ2) is 7.67. The van der Waals surface area contributed by atoms with Crippen LogP contribution in [0.3, 0.4) is 0 Å². The standard InChI is InChI=1S/C17H26N2O6/c1-7-24-14(22)11-8-19(15(23)25-16(2,3)4)9-17(5,6)13(12(11)21)18-10-20/h8,10,13H,7,9H2,1-6H3,(H,18,20). The van der Waals surface area contributed by atoms with E-state index >= 15 is 0 Å². The maximum Gasteiger partial charge on any atom is 0.414 e. The van der Waals surface area contributed by atoms with Gasteiger partial charge in [0.05, 0.1) is 12.6 Å². The molecule has 0 aromatic heterocycles. The number of amides is 2. The molecule has 0 aromatic carbocycles. The SMILES string of the molecule is CCOC(=O)C1=CN(C(=O)OC(C)(C)C)CC(C)(C)C(NC=O)C1=O. The average Bonchev–Trinajstić information content (AvgIpc) is 2.55. The third-order valence-electron chi connectivity index (χ3n) is 3.53. The molecule has 0 aromatic rings. The summed E-state index contributed by atoms with van der Waals surface area (Å²) in [6.45, 7) is 10.3. The zero-order chi connectivity index (χ0) is 19.4. The number of rotatable bonds is 4. The fraction of sp³-hybridized carbons (Fsp3) is 0.647. The Balaban J connectivity index is 3.33. The van der Waals surface area contributed by atoms with E-state index in [1.54, 1.807) is 41.5 Å². The molecule has 1 aliphatic heterocycles. The van der Waals surface area contributed by atoms with Gasteiger partial charge in [0.1, 0.15) is 11.2 Å². The third kappa shape index (κ3) is 5.30. The Morgan fingerprint density at radius 1 is 1.40 bits per heavy atom. The molecule has 1 heterocycles. The highest BCUT2D eigenvalue weighted by Crippen LogP contribution is 2.29. The van der Waals surface area contributed by atoms with Crippen molar-refractivity contribution in [3.05, 3.63) is 11.8 Å². The summed E-state index contributed by atoms with van der Waals surface area (Å²) in [5.41, 5.74) is -1.88. The van der Waals surface area contributed by atoms with Crippen molar-refractivity contribution < 1.29 is 28.7 Å². The predicted molar refractivity (Wildman–Crippen MR) is 89.4 cm³/mol. The van der Waals surface area contributed by atoms with E-state index in [4.69, 9.17) is 9.47 Å². The zero-order valence-electron chi connectivity index (χ0n) is 15.5. The molecule has 0 spiro atoms. The Bertz CT molecular complexity index is 588. The number of carbonyl (C=O) groups is 4. The Kier molecular flexibility index (Phi) is 6.34. The van der Waals surface area contributed by atoms with E-state index in [1.165, 1.54) is 4.90 Å². The lowest BCUT2D eigenvalue weighted by Crippen LogP contribution is -2.51. The van der Waals surface area contributed by atoms with E-state index in [9.17, 15) is 19.2 Å². The molecule has 1 rings (SSSR count). The molecule has 1 aliphatic rings. The number of carbonyl (C=O) groups excluding carboxylic acids is 4. The molecular formula is C17H26N2O6. The summed E-state index contributed by atoms with van der Waals surface area (Å²) in [7, 11) is 0. The molecule has 0 fully saturated rings. The molecule has 8 nitrogen and oxygen atoms in total. The van der Waals surface area contributed by atoms with Gasteiger partial charge in [0.15, 0.2) is 5.78 Å². The van der Waals surface area contributed by atoms with E-state index in [-0.39, 0.29) is 18.7 Å². The second-order valence-electron chi connectivity index (χ2n) is 7.44. The topological polar surface area (TPSA) is 102 Å². The van der Waals surface area contributed by atoms with Gasteiger partial charge in [0.2, 0.25) is 6.41 Å². The maximum atomic E-state index is 12.8. The van der Waals surface area contributed by atoms with Crippen LogP contribution < -0.4 is 5.32 Å². The highest BCUT2D eigenvalue weighted by atomic mass is 16.6. The lowest BCUT2D eigenvalue weighted by atomic mass is 9.81. The van der Waals surface area contributed by atoms with Crippen LogP contribution in [0.25, 0.3) is 0 Å². The molecule has 25 heavy (non-hydrogen) atoms. The Labute approximate surface area is 147 Å². The van der Waals surface area contributed by atoms with Gasteiger partial charge >= 0.3 is 12.1 Å². The first kappa shape index (κ1) is 20.7. The van der Waals surface area contributed by atoms with Crippen LogP contribution in [0.2, 0.25) is 0 Å². The van der Waals surface area contributed by atoms with E-state index in [0.717, 1.165) is 6.20 Å². The van der Waals surface area contributed by atoms with Gasteiger partial charge in [-0.2, -0.15) is 0 Å². The lowest BCUT2D eigenvalue weighted by Gasteiger charge is -2.34. The molecule has 8 heteroatoms. The first-order valence-electron chi connectivity index (χ1n) is 8.05. The van der Waals surface area contributed by atoms with Crippen LogP contribution in [0.5, 0.6) is 0 Å². The Hall–Kier alpha value is -2.38. The summed E-state index contributed by atoms with van der Waals surface area (Å²) in [5.74, 6) is -1.46. The van der Waals surface area contributed by atoms with Crippen LogP contribution in [-0.4, -0.2) is 54.0 Å². The van der Waals surface area contributed by atoms with Crippen molar-refractivity contribution >= 4 is 24.3 Å². The minimum absolute atomic E-state index is 0.0715. The van der Waals surface area contributed by atoms with Gasteiger partial charge in [-0.25, -0.2) is 9.59 Å². The van der Waals surface area contributed by atoms with Crippen molar-refractivity contribution in [3.63, 3.8) is 0 Å². The predicted octanol–water partition coefficient (Wildman–Crippen LogP) is 1.39. The first-order chi connectivity index (χ1) is 11.4. The minimum atomic E-state index is -0.979. The molecule has 0 radical (unpaired) electrons. The minimum Gasteiger partial charge on any atom is -0.462 e. The maximum absolute atomic E-state index is 12.8. The van der Waals surface area contributed by atoms with Crippen molar-refractivity contribution in [2.24, 2.45) is 5.41 Å². The van der Waals surface area contributed by atoms with Crippen molar-refractivity contribution in [3.8, 4) is 0 Å². The number of nitrogens with one attached hydrogen (secondary N) is 1. The number of ketones is 1.